The average Bonchev–Trinajstić information content (AvgIpc) is 3.01. The molecular weight excluding hydrogens is 348 g/mol. The SMILES string of the molecule is CCOc1cccc(/C=N/n2c(CCC3CCCCC3)n[nH]c2=S)c1O. The standard InChI is InChI=1S/C19H26N4O2S/c1-2-25-16-10-6-9-15(18(16)24)13-20-23-17(21-22-19(23)26)12-11-14-7-4-3-5-8-14/h6,9-10,13-14,24H,2-5,7-8,11-12H2,1H3,(H,22,26)/b20-13+. The van der Waals surface area contributed by atoms with Crippen molar-refractivity contribution < 1.29 is 9.84 Å². The van der Waals surface area contributed by atoms with Crippen LogP contribution in [0.15, 0.2) is 23.3 Å². The van der Waals surface area contributed by atoms with Crippen molar-refractivity contribution in [3.8, 4) is 11.5 Å². The Morgan fingerprint density at radius 2 is 2.19 bits per heavy atom. The molecule has 0 aliphatic heterocycles. The van der Waals surface area contributed by atoms with Crippen molar-refractivity contribution >= 4 is 18.4 Å². The third-order valence-electron chi connectivity index (χ3n) is 4.86. The van der Waals surface area contributed by atoms with E-state index in [0.717, 1.165) is 24.6 Å². The van der Waals surface area contributed by atoms with Gasteiger partial charge in [-0.05, 0) is 43.6 Å². The van der Waals surface area contributed by atoms with Gasteiger partial charge in [0, 0.05) is 12.0 Å². The van der Waals surface area contributed by atoms with Crippen molar-refractivity contribution in [1.82, 2.24) is 14.9 Å². The number of aromatic nitrogens is 3. The van der Waals surface area contributed by atoms with E-state index in [1.807, 2.05) is 13.0 Å². The Labute approximate surface area is 158 Å². The fourth-order valence-electron chi connectivity index (χ4n) is 3.45. The third-order valence-corrected chi connectivity index (χ3v) is 5.12. The maximum Gasteiger partial charge on any atom is 0.216 e. The van der Waals surface area contributed by atoms with E-state index >= 15 is 0 Å². The molecule has 1 heterocycles. The Morgan fingerprint density at radius 1 is 1.38 bits per heavy atom. The molecule has 6 nitrogen and oxygen atoms in total. The molecule has 1 aliphatic carbocycles. The number of phenols is 1. The number of hydrogen-bond donors (Lipinski definition) is 2. The van der Waals surface area contributed by atoms with Crippen molar-refractivity contribution in [3.05, 3.63) is 34.4 Å². The fraction of sp³-hybridized carbons (Fsp3) is 0.526. The average molecular weight is 375 g/mol. The summed E-state index contributed by atoms with van der Waals surface area (Å²) in [5.41, 5.74) is 0.581. The largest absolute Gasteiger partial charge is 0.504 e. The van der Waals surface area contributed by atoms with E-state index in [0.29, 0.717) is 22.7 Å². The highest BCUT2D eigenvalue weighted by molar-refractivity contribution is 7.71. The van der Waals surface area contributed by atoms with Crippen molar-refractivity contribution in [2.45, 2.75) is 51.9 Å². The summed E-state index contributed by atoms with van der Waals surface area (Å²) < 4.78 is 7.51. The summed E-state index contributed by atoms with van der Waals surface area (Å²) >= 11 is 5.30. The topological polar surface area (TPSA) is 75.4 Å². The molecule has 2 N–H and O–H groups in total. The molecule has 7 heteroatoms. The number of rotatable bonds is 7. The number of ether oxygens (including phenoxy) is 1. The third kappa shape index (κ3) is 4.52. The predicted molar refractivity (Wildman–Crippen MR) is 105 cm³/mol. The molecular formula is C19H26N4O2S. The Morgan fingerprint density at radius 3 is 2.96 bits per heavy atom. The van der Waals surface area contributed by atoms with E-state index in [1.165, 1.54) is 32.1 Å². The van der Waals surface area contributed by atoms with Gasteiger partial charge < -0.3 is 9.84 Å². The van der Waals surface area contributed by atoms with E-state index in [4.69, 9.17) is 17.0 Å². The van der Waals surface area contributed by atoms with Gasteiger partial charge >= 0.3 is 0 Å². The van der Waals surface area contributed by atoms with Crippen LogP contribution in [0.5, 0.6) is 11.5 Å². The summed E-state index contributed by atoms with van der Waals surface area (Å²) in [7, 11) is 0. The first-order valence-corrected chi connectivity index (χ1v) is 9.75. The van der Waals surface area contributed by atoms with E-state index in [2.05, 4.69) is 15.3 Å². The minimum absolute atomic E-state index is 0.0804. The number of benzene rings is 1. The number of aromatic amines is 1. The minimum atomic E-state index is 0.0804. The number of nitrogens with one attached hydrogen (secondary N) is 1. The second-order valence-corrected chi connectivity index (χ2v) is 7.06. The summed E-state index contributed by atoms with van der Waals surface area (Å²) in [6.45, 7) is 2.37. The number of para-hydroxylation sites is 1. The van der Waals surface area contributed by atoms with Crippen LogP contribution < -0.4 is 4.74 Å². The monoisotopic (exact) mass is 374 g/mol. The molecule has 3 rings (SSSR count). The summed E-state index contributed by atoms with van der Waals surface area (Å²) in [5.74, 6) is 2.14. The molecule has 0 saturated heterocycles. The number of nitrogens with zero attached hydrogens (tertiary/aromatic N) is 3. The number of aryl methyl sites for hydroxylation is 1. The minimum Gasteiger partial charge on any atom is -0.504 e. The van der Waals surface area contributed by atoms with Crippen LogP contribution in [0, 0.1) is 10.7 Å². The maximum absolute atomic E-state index is 10.3. The Balaban J connectivity index is 1.73. The molecule has 1 fully saturated rings. The zero-order valence-electron chi connectivity index (χ0n) is 15.1. The van der Waals surface area contributed by atoms with Crippen LogP contribution in [0.3, 0.4) is 0 Å². The molecule has 0 amide bonds. The van der Waals surface area contributed by atoms with Gasteiger partial charge in [-0.3, -0.25) is 5.10 Å². The summed E-state index contributed by atoms with van der Waals surface area (Å²) in [5, 5.41) is 21.9. The van der Waals surface area contributed by atoms with E-state index in [-0.39, 0.29) is 5.75 Å². The van der Waals surface area contributed by atoms with Gasteiger partial charge in [0.15, 0.2) is 17.3 Å². The highest BCUT2D eigenvalue weighted by atomic mass is 32.1. The molecule has 1 saturated carbocycles. The Kier molecular flexibility index (Phi) is 6.44. The molecule has 140 valence electrons. The predicted octanol–water partition coefficient (Wildman–Crippen LogP) is 4.44. The zero-order valence-corrected chi connectivity index (χ0v) is 16.0. The van der Waals surface area contributed by atoms with Gasteiger partial charge in [-0.2, -0.15) is 14.9 Å². The molecule has 1 aromatic carbocycles. The van der Waals surface area contributed by atoms with Crippen molar-refractivity contribution in [3.63, 3.8) is 0 Å². The Bertz CT molecular complexity index is 806. The molecule has 26 heavy (non-hydrogen) atoms. The maximum atomic E-state index is 10.3. The quantitative estimate of drug-likeness (QED) is 0.555. The lowest BCUT2D eigenvalue weighted by atomic mass is 9.86. The van der Waals surface area contributed by atoms with Crippen LogP contribution in [0.4, 0.5) is 0 Å². The lowest BCUT2D eigenvalue weighted by Gasteiger charge is -2.20. The van der Waals surface area contributed by atoms with Gasteiger partial charge in [-0.1, -0.05) is 38.2 Å². The van der Waals surface area contributed by atoms with Crippen LogP contribution in [0.1, 0.15) is 56.8 Å². The smallest absolute Gasteiger partial charge is 0.216 e. The molecule has 0 radical (unpaired) electrons. The van der Waals surface area contributed by atoms with Crippen LogP contribution in [0.2, 0.25) is 0 Å². The number of phenolic OH excluding ortho intramolecular Hbond substituents is 1. The van der Waals surface area contributed by atoms with E-state index in [9.17, 15) is 5.11 Å². The van der Waals surface area contributed by atoms with Crippen LogP contribution in [-0.4, -0.2) is 32.8 Å². The van der Waals surface area contributed by atoms with Crippen molar-refractivity contribution in [1.29, 1.82) is 0 Å². The van der Waals surface area contributed by atoms with Crippen LogP contribution in [0.25, 0.3) is 0 Å². The number of H-pyrrole nitrogens is 1. The molecule has 0 bridgehead atoms. The highest BCUT2D eigenvalue weighted by Crippen LogP contribution is 2.29. The zero-order chi connectivity index (χ0) is 18.4. The van der Waals surface area contributed by atoms with Gasteiger partial charge in [0.2, 0.25) is 4.77 Å². The van der Waals surface area contributed by atoms with Crippen molar-refractivity contribution in [2.24, 2.45) is 11.0 Å². The van der Waals surface area contributed by atoms with Gasteiger partial charge in [-0.25, -0.2) is 0 Å². The summed E-state index contributed by atoms with van der Waals surface area (Å²) in [4.78, 5) is 0. The molecule has 2 aromatic rings. The van der Waals surface area contributed by atoms with E-state index in [1.54, 1.807) is 23.0 Å². The normalized spacial score (nSPS) is 15.6. The second kappa shape index (κ2) is 8.98. The Hall–Kier alpha value is -2.15. The summed E-state index contributed by atoms with van der Waals surface area (Å²) in [6, 6.07) is 5.34. The van der Waals surface area contributed by atoms with Gasteiger partial charge in [0.1, 0.15) is 0 Å². The molecule has 1 aromatic heterocycles. The molecule has 0 unspecified atom stereocenters. The van der Waals surface area contributed by atoms with Gasteiger partial charge in [0.25, 0.3) is 0 Å². The van der Waals surface area contributed by atoms with Crippen LogP contribution >= 0.6 is 12.2 Å². The first kappa shape index (κ1) is 18.6. The van der Waals surface area contributed by atoms with Gasteiger partial charge in [-0.15, -0.1) is 0 Å². The first-order chi connectivity index (χ1) is 12.7. The highest BCUT2D eigenvalue weighted by Gasteiger charge is 2.15. The lowest BCUT2D eigenvalue weighted by Crippen LogP contribution is -2.09. The summed E-state index contributed by atoms with van der Waals surface area (Å²) in [6.07, 6.45) is 10.2. The second-order valence-electron chi connectivity index (χ2n) is 6.67. The molecule has 0 spiro atoms. The van der Waals surface area contributed by atoms with Crippen molar-refractivity contribution in [2.75, 3.05) is 6.61 Å². The number of aromatic hydroxyl groups is 1. The number of hydrogen-bond acceptors (Lipinski definition) is 5. The van der Waals surface area contributed by atoms with Gasteiger partial charge in [0.05, 0.1) is 12.8 Å². The van der Waals surface area contributed by atoms with Crippen LogP contribution in [-0.2, 0) is 6.42 Å². The molecule has 0 atom stereocenters. The van der Waals surface area contributed by atoms with E-state index < -0.39 is 0 Å². The molecule has 1 aliphatic rings. The lowest BCUT2D eigenvalue weighted by molar-refractivity contribution is 0.318. The fourth-order valence-corrected chi connectivity index (χ4v) is 3.65. The first-order valence-electron chi connectivity index (χ1n) is 9.34.